The molecule has 2 atom stereocenters. The van der Waals surface area contributed by atoms with E-state index in [0.29, 0.717) is 6.61 Å². The summed E-state index contributed by atoms with van der Waals surface area (Å²) in [4.78, 5) is 11.6. The van der Waals surface area contributed by atoms with Gasteiger partial charge in [0.2, 0.25) is 0 Å². The van der Waals surface area contributed by atoms with Crippen LogP contribution in [0.15, 0.2) is 18.5 Å². The molecule has 0 spiro atoms. The summed E-state index contributed by atoms with van der Waals surface area (Å²) in [6.07, 6.45) is 3.52. The summed E-state index contributed by atoms with van der Waals surface area (Å²) in [5.41, 5.74) is 0. The highest BCUT2D eigenvalue weighted by molar-refractivity contribution is 5.76. The molecule has 1 aromatic rings. The van der Waals surface area contributed by atoms with E-state index >= 15 is 0 Å². The third-order valence-corrected chi connectivity index (χ3v) is 2.28. The van der Waals surface area contributed by atoms with Crippen LogP contribution < -0.4 is 5.32 Å². The Balaban J connectivity index is 2.70. The molecule has 0 aromatic carbocycles. The first-order chi connectivity index (χ1) is 7.20. The summed E-state index contributed by atoms with van der Waals surface area (Å²) in [5, 5.41) is 7.04. The second kappa shape index (κ2) is 5.50. The molecule has 0 radical (unpaired) electrons. The minimum Gasteiger partial charge on any atom is -0.465 e. The monoisotopic (exact) mass is 211 g/mol. The van der Waals surface area contributed by atoms with Crippen LogP contribution in [0, 0.1) is 0 Å². The summed E-state index contributed by atoms with van der Waals surface area (Å²) in [5.74, 6) is -0.247. The van der Waals surface area contributed by atoms with Crippen LogP contribution in [0.25, 0.3) is 0 Å². The molecule has 0 saturated carbocycles. The van der Waals surface area contributed by atoms with E-state index in [-0.39, 0.29) is 18.1 Å². The highest BCUT2D eigenvalue weighted by atomic mass is 16.5. The SMILES string of the molecule is CCOC(=O)C(NC)C(C)n1cccn1. The largest absolute Gasteiger partial charge is 0.465 e. The molecule has 0 bridgehead atoms. The van der Waals surface area contributed by atoms with E-state index in [1.165, 1.54) is 0 Å². The fourth-order valence-corrected chi connectivity index (χ4v) is 1.46. The zero-order valence-electron chi connectivity index (χ0n) is 9.30. The summed E-state index contributed by atoms with van der Waals surface area (Å²) in [6.45, 7) is 4.11. The van der Waals surface area contributed by atoms with E-state index in [2.05, 4.69) is 10.4 Å². The molecule has 1 heterocycles. The number of carbonyl (C=O) groups is 1. The van der Waals surface area contributed by atoms with Crippen LogP contribution in [0.1, 0.15) is 19.9 Å². The second-order valence-electron chi connectivity index (χ2n) is 3.25. The maximum atomic E-state index is 11.6. The first kappa shape index (κ1) is 11.7. The van der Waals surface area contributed by atoms with E-state index in [0.717, 1.165) is 0 Å². The lowest BCUT2D eigenvalue weighted by Crippen LogP contribution is -2.42. The first-order valence-electron chi connectivity index (χ1n) is 5.03. The minimum atomic E-state index is -0.371. The second-order valence-corrected chi connectivity index (χ2v) is 3.25. The smallest absolute Gasteiger partial charge is 0.325 e. The van der Waals surface area contributed by atoms with Crippen molar-refractivity contribution in [3.8, 4) is 0 Å². The third kappa shape index (κ3) is 2.79. The molecule has 0 fully saturated rings. The van der Waals surface area contributed by atoms with Crippen molar-refractivity contribution in [2.75, 3.05) is 13.7 Å². The van der Waals surface area contributed by atoms with Crippen molar-refractivity contribution in [1.82, 2.24) is 15.1 Å². The molecular formula is C10H17N3O2. The summed E-state index contributed by atoms with van der Waals surface area (Å²) < 4.78 is 6.71. The van der Waals surface area contributed by atoms with Gasteiger partial charge in [-0.3, -0.25) is 9.48 Å². The van der Waals surface area contributed by atoms with E-state index < -0.39 is 0 Å². The van der Waals surface area contributed by atoms with Crippen molar-refractivity contribution in [3.05, 3.63) is 18.5 Å². The predicted molar refractivity (Wildman–Crippen MR) is 56.4 cm³/mol. The molecule has 1 rings (SSSR count). The maximum Gasteiger partial charge on any atom is 0.325 e. The Labute approximate surface area is 89.4 Å². The topological polar surface area (TPSA) is 56.1 Å². The molecule has 0 saturated heterocycles. The van der Waals surface area contributed by atoms with Crippen molar-refractivity contribution in [3.63, 3.8) is 0 Å². The lowest BCUT2D eigenvalue weighted by atomic mass is 10.1. The lowest BCUT2D eigenvalue weighted by Gasteiger charge is -2.21. The first-order valence-corrected chi connectivity index (χ1v) is 5.03. The van der Waals surface area contributed by atoms with Crippen molar-refractivity contribution < 1.29 is 9.53 Å². The molecule has 5 heteroatoms. The molecule has 5 nitrogen and oxygen atoms in total. The standard InChI is InChI=1S/C10H17N3O2/c1-4-15-10(14)9(11-3)8(2)13-7-5-6-12-13/h5-9,11H,4H2,1-3H3. The highest BCUT2D eigenvalue weighted by Crippen LogP contribution is 2.10. The van der Waals surface area contributed by atoms with Gasteiger partial charge in [-0.15, -0.1) is 0 Å². The number of aromatic nitrogens is 2. The van der Waals surface area contributed by atoms with E-state index in [9.17, 15) is 4.79 Å². The lowest BCUT2D eigenvalue weighted by molar-refractivity contribution is -0.146. The number of carbonyl (C=O) groups excluding carboxylic acids is 1. The number of likely N-dealkylation sites (N-methyl/N-ethyl adjacent to an activating group) is 1. The summed E-state index contributed by atoms with van der Waals surface area (Å²) in [7, 11) is 1.74. The van der Waals surface area contributed by atoms with Crippen LogP contribution in [0.5, 0.6) is 0 Å². The van der Waals surface area contributed by atoms with Gasteiger partial charge in [0, 0.05) is 12.4 Å². The van der Waals surface area contributed by atoms with E-state index in [1.54, 1.807) is 24.9 Å². The van der Waals surface area contributed by atoms with Gasteiger partial charge >= 0.3 is 5.97 Å². The Hall–Kier alpha value is -1.36. The van der Waals surface area contributed by atoms with Gasteiger partial charge in [-0.2, -0.15) is 5.10 Å². The van der Waals surface area contributed by atoms with E-state index in [4.69, 9.17) is 4.74 Å². The number of hydrogen-bond acceptors (Lipinski definition) is 4. The van der Waals surface area contributed by atoms with Crippen LogP contribution in [0.3, 0.4) is 0 Å². The molecule has 2 unspecified atom stereocenters. The zero-order chi connectivity index (χ0) is 11.3. The van der Waals surface area contributed by atoms with E-state index in [1.807, 2.05) is 19.2 Å². The number of ether oxygens (including phenoxy) is 1. The van der Waals surface area contributed by atoms with Gasteiger partial charge in [0.05, 0.1) is 12.6 Å². The number of rotatable bonds is 5. The van der Waals surface area contributed by atoms with Crippen LogP contribution in [0.4, 0.5) is 0 Å². The average Bonchev–Trinajstić information content (AvgIpc) is 2.71. The van der Waals surface area contributed by atoms with Crippen LogP contribution >= 0.6 is 0 Å². The van der Waals surface area contributed by atoms with Crippen LogP contribution in [-0.4, -0.2) is 35.4 Å². The molecule has 1 aromatic heterocycles. The van der Waals surface area contributed by atoms with Gasteiger partial charge in [0.15, 0.2) is 0 Å². The van der Waals surface area contributed by atoms with Crippen molar-refractivity contribution in [2.45, 2.75) is 25.9 Å². The highest BCUT2D eigenvalue weighted by Gasteiger charge is 2.25. The number of esters is 1. The van der Waals surface area contributed by atoms with Crippen LogP contribution in [-0.2, 0) is 9.53 Å². The fourth-order valence-electron chi connectivity index (χ4n) is 1.46. The Morgan fingerprint density at radius 2 is 2.40 bits per heavy atom. The van der Waals surface area contributed by atoms with Crippen molar-refractivity contribution >= 4 is 5.97 Å². The molecular weight excluding hydrogens is 194 g/mol. The average molecular weight is 211 g/mol. The van der Waals surface area contributed by atoms with Gasteiger partial charge in [-0.05, 0) is 27.0 Å². The summed E-state index contributed by atoms with van der Waals surface area (Å²) >= 11 is 0. The minimum absolute atomic E-state index is 0.0657. The van der Waals surface area contributed by atoms with Gasteiger partial charge in [0.25, 0.3) is 0 Å². The number of hydrogen-bond donors (Lipinski definition) is 1. The summed E-state index contributed by atoms with van der Waals surface area (Å²) in [6, 6.07) is 1.39. The molecule has 1 N–H and O–H groups in total. The fraction of sp³-hybridized carbons (Fsp3) is 0.600. The molecule has 0 aliphatic carbocycles. The third-order valence-electron chi connectivity index (χ3n) is 2.28. The van der Waals surface area contributed by atoms with Gasteiger partial charge < -0.3 is 10.1 Å². The molecule has 84 valence electrons. The predicted octanol–water partition coefficient (Wildman–Crippen LogP) is 0.595. The molecule has 15 heavy (non-hydrogen) atoms. The number of nitrogens with one attached hydrogen (secondary N) is 1. The van der Waals surface area contributed by atoms with Gasteiger partial charge in [-0.1, -0.05) is 0 Å². The van der Waals surface area contributed by atoms with Crippen molar-refractivity contribution in [1.29, 1.82) is 0 Å². The van der Waals surface area contributed by atoms with Crippen LogP contribution in [0.2, 0.25) is 0 Å². The van der Waals surface area contributed by atoms with Gasteiger partial charge in [-0.25, -0.2) is 0 Å². The molecule has 0 aliphatic rings. The quantitative estimate of drug-likeness (QED) is 0.724. The Kier molecular flexibility index (Phi) is 4.30. The zero-order valence-corrected chi connectivity index (χ0v) is 9.30. The maximum absolute atomic E-state index is 11.6. The van der Waals surface area contributed by atoms with Crippen molar-refractivity contribution in [2.24, 2.45) is 0 Å². The Morgan fingerprint density at radius 3 is 2.87 bits per heavy atom. The van der Waals surface area contributed by atoms with Gasteiger partial charge in [0.1, 0.15) is 6.04 Å². The number of nitrogens with zero attached hydrogens (tertiary/aromatic N) is 2. The molecule has 0 amide bonds. The molecule has 0 aliphatic heterocycles. The normalized spacial score (nSPS) is 14.6. The Morgan fingerprint density at radius 1 is 1.67 bits per heavy atom. The Bertz CT molecular complexity index is 298.